The van der Waals surface area contributed by atoms with Gasteiger partial charge in [-0.2, -0.15) is 0 Å². The minimum Gasteiger partial charge on any atom is -0.0810 e. The lowest BCUT2D eigenvalue weighted by molar-refractivity contribution is 0.750. The van der Waals surface area contributed by atoms with Crippen LogP contribution in [0.5, 0.6) is 0 Å². The Hall–Kier alpha value is -2.02. The van der Waals surface area contributed by atoms with Crippen LogP contribution in [0.3, 0.4) is 0 Å². The predicted molar refractivity (Wildman–Crippen MR) is 94.7 cm³/mol. The van der Waals surface area contributed by atoms with Crippen LogP contribution in [0.4, 0.5) is 0 Å². The molecule has 0 unspecified atom stereocenters. The Balaban J connectivity index is 2.12. The molecule has 0 N–H and O–H groups in total. The van der Waals surface area contributed by atoms with Gasteiger partial charge >= 0.3 is 0 Å². The maximum Gasteiger partial charge on any atom is 0.183 e. The van der Waals surface area contributed by atoms with Crippen molar-refractivity contribution in [3.63, 3.8) is 0 Å². The van der Waals surface area contributed by atoms with Crippen molar-refractivity contribution in [3.8, 4) is 0 Å². The van der Waals surface area contributed by atoms with Gasteiger partial charge in [0.2, 0.25) is 0 Å². The van der Waals surface area contributed by atoms with Gasteiger partial charge in [0, 0.05) is 0 Å². The summed E-state index contributed by atoms with van der Waals surface area (Å²) in [6.45, 7) is 7.50. The second kappa shape index (κ2) is 5.40. The summed E-state index contributed by atoms with van der Waals surface area (Å²) in [6.07, 6.45) is 0. The van der Waals surface area contributed by atoms with Crippen molar-refractivity contribution in [1.82, 2.24) is 0 Å². The Morgan fingerprint density at radius 3 is 2.10 bits per heavy atom. The molecule has 0 aromatic heterocycles. The molecule has 0 bridgehead atoms. The van der Waals surface area contributed by atoms with Gasteiger partial charge in [0.25, 0.3) is 0 Å². The maximum atomic E-state index is 2.35. The Morgan fingerprint density at radius 1 is 0.714 bits per heavy atom. The predicted octanol–water partition coefficient (Wildman–Crippen LogP) is 4.69. The molecule has 0 amide bonds. The van der Waals surface area contributed by atoms with Crippen LogP contribution in [0.2, 0.25) is 6.82 Å². The molecule has 104 valence electrons. The normalized spacial score (nSPS) is 11.6. The molecule has 3 aromatic carbocycles. The summed E-state index contributed by atoms with van der Waals surface area (Å²) >= 11 is 0. The molecule has 0 aliphatic rings. The van der Waals surface area contributed by atoms with Gasteiger partial charge in [-0.05, 0) is 21.7 Å². The van der Waals surface area contributed by atoms with Crippen molar-refractivity contribution >= 4 is 22.9 Å². The molecule has 3 aromatic rings. The summed E-state index contributed by atoms with van der Waals surface area (Å²) in [7, 11) is 0. The summed E-state index contributed by atoms with van der Waals surface area (Å²) in [5.41, 5.74) is 2.83. The zero-order valence-corrected chi connectivity index (χ0v) is 13.0. The van der Waals surface area contributed by atoms with E-state index in [0.29, 0.717) is 6.71 Å². The molecule has 0 spiro atoms. The second-order valence-corrected chi connectivity index (χ2v) is 6.38. The molecule has 3 rings (SSSR count). The Morgan fingerprint density at radius 2 is 1.33 bits per heavy atom. The molecule has 0 aliphatic heterocycles. The molecule has 0 saturated heterocycles. The van der Waals surface area contributed by atoms with Crippen LogP contribution >= 0.6 is 0 Å². The van der Waals surface area contributed by atoms with Crippen molar-refractivity contribution in [3.05, 3.63) is 78.4 Å². The molecule has 0 saturated carbocycles. The van der Waals surface area contributed by atoms with Gasteiger partial charge in [-0.1, -0.05) is 98.9 Å². The first-order chi connectivity index (χ1) is 10.1. The number of benzene rings is 3. The van der Waals surface area contributed by atoms with Gasteiger partial charge in [-0.3, -0.25) is 0 Å². The van der Waals surface area contributed by atoms with E-state index < -0.39 is 0 Å². The summed E-state index contributed by atoms with van der Waals surface area (Å²) in [5.74, 6) is 0. The van der Waals surface area contributed by atoms with Gasteiger partial charge in [-0.15, -0.1) is 0 Å². The second-order valence-electron chi connectivity index (χ2n) is 6.38. The first-order valence-electron chi connectivity index (χ1n) is 7.64. The number of rotatable bonds is 3. The molecule has 0 heterocycles. The summed E-state index contributed by atoms with van der Waals surface area (Å²) in [5, 5.41) is 2.78. The van der Waals surface area contributed by atoms with Gasteiger partial charge < -0.3 is 0 Å². The zero-order valence-electron chi connectivity index (χ0n) is 13.0. The first-order valence-corrected chi connectivity index (χ1v) is 7.64. The number of fused-ring (bicyclic) bond motifs is 1. The molecule has 1 heteroatoms. The van der Waals surface area contributed by atoms with E-state index in [2.05, 4.69) is 93.5 Å². The van der Waals surface area contributed by atoms with Gasteiger partial charge in [0.15, 0.2) is 6.71 Å². The molecule has 0 aliphatic carbocycles. The fraction of sp³-hybridized carbons (Fsp3) is 0.200. The third-order valence-corrected chi connectivity index (χ3v) is 4.87. The van der Waals surface area contributed by atoms with E-state index in [4.69, 9.17) is 0 Å². The van der Waals surface area contributed by atoms with Crippen LogP contribution in [0.15, 0.2) is 72.8 Å². The lowest BCUT2D eigenvalue weighted by Crippen LogP contribution is -2.45. The van der Waals surface area contributed by atoms with E-state index in [0.717, 1.165) is 0 Å². The minimum atomic E-state index is 0.0855. The average molecular weight is 272 g/mol. The van der Waals surface area contributed by atoms with Crippen LogP contribution in [-0.4, -0.2) is 6.71 Å². The standard InChI is InChI=1S/C20H21B/c1-20(2,21(3)17-12-5-4-6-13-17)19-15-9-11-16-10-7-8-14-18(16)19/h4-15H,1-3H3. The Bertz CT molecular complexity index is 739. The summed E-state index contributed by atoms with van der Waals surface area (Å²) in [6, 6.07) is 26.1. The van der Waals surface area contributed by atoms with Crippen molar-refractivity contribution in [2.24, 2.45) is 0 Å². The third-order valence-electron chi connectivity index (χ3n) is 4.87. The quantitative estimate of drug-likeness (QED) is 0.607. The van der Waals surface area contributed by atoms with E-state index in [1.54, 1.807) is 0 Å². The molecule has 0 nitrogen and oxygen atoms in total. The number of hydrogen-bond donors (Lipinski definition) is 0. The van der Waals surface area contributed by atoms with Crippen molar-refractivity contribution < 1.29 is 0 Å². The monoisotopic (exact) mass is 272 g/mol. The van der Waals surface area contributed by atoms with Gasteiger partial charge in [0.1, 0.15) is 0 Å². The molecule has 0 fully saturated rings. The van der Waals surface area contributed by atoms with E-state index in [9.17, 15) is 0 Å². The molecular weight excluding hydrogens is 251 g/mol. The van der Waals surface area contributed by atoms with Crippen LogP contribution < -0.4 is 5.46 Å². The van der Waals surface area contributed by atoms with Crippen molar-refractivity contribution in [1.29, 1.82) is 0 Å². The minimum absolute atomic E-state index is 0.0855. The van der Waals surface area contributed by atoms with E-state index in [1.807, 2.05) is 0 Å². The SMILES string of the molecule is CB(c1ccccc1)C(C)(C)c1cccc2ccccc12. The Labute approximate surface area is 127 Å². The summed E-state index contributed by atoms with van der Waals surface area (Å²) < 4.78 is 0. The average Bonchev–Trinajstić information content (AvgIpc) is 2.54. The topological polar surface area (TPSA) is 0 Å². The van der Waals surface area contributed by atoms with Gasteiger partial charge in [-0.25, -0.2) is 0 Å². The highest BCUT2D eigenvalue weighted by Crippen LogP contribution is 2.32. The van der Waals surface area contributed by atoms with Crippen molar-refractivity contribution in [2.75, 3.05) is 0 Å². The lowest BCUT2D eigenvalue weighted by atomic mass is 9.31. The fourth-order valence-electron chi connectivity index (χ4n) is 3.18. The van der Waals surface area contributed by atoms with Crippen LogP contribution in [-0.2, 0) is 5.31 Å². The van der Waals surface area contributed by atoms with Crippen LogP contribution in [0, 0.1) is 0 Å². The van der Waals surface area contributed by atoms with E-state index >= 15 is 0 Å². The van der Waals surface area contributed by atoms with Gasteiger partial charge in [0.05, 0.1) is 0 Å². The van der Waals surface area contributed by atoms with Crippen LogP contribution in [0.25, 0.3) is 10.8 Å². The molecule has 21 heavy (non-hydrogen) atoms. The largest absolute Gasteiger partial charge is 0.183 e. The van der Waals surface area contributed by atoms with E-state index in [1.165, 1.54) is 21.8 Å². The maximum absolute atomic E-state index is 2.35. The third kappa shape index (κ3) is 2.49. The lowest BCUT2D eigenvalue weighted by Gasteiger charge is -2.32. The molecule has 0 atom stereocenters. The molecular formula is C20H21B. The zero-order chi connectivity index (χ0) is 14.9. The first kappa shape index (κ1) is 13.9. The highest BCUT2D eigenvalue weighted by atomic mass is 14.2. The molecule has 0 radical (unpaired) electrons. The highest BCUT2D eigenvalue weighted by molar-refractivity contribution is 6.74. The van der Waals surface area contributed by atoms with Crippen molar-refractivity contribution in [2.45, 2.75) is 26.0 Å². The number of hydrogen-bond acceptors (Lipinski definition) is 0. The fourth-order valence-corrected chi connectivity index (χ4v) is 3.18. The van der Waals surface area contributed by atoms with Crippen LogP contribution in [0.1, 0.15) is 19.4 Å². The Kier molecular flexibility index (Phi) is 3.59. The van der Waals surface area contributed by atoms with E-state index in [-0.39, 0.29) is 5.31 Å². The summed E-state index contributed by atoms with van der Waals surface area (Å²) in [4.78, 5) is 0. The smallest absolute Gasteiger partial charge is 0.0810 e. The highest BCUT2D eigenvalue weighted by Gasteiger charge is 2.33.